The van der Waals surface area contributed by atoms with Gasteiger partial charge in [-0.05, 0) is 31.0 Å². The topological polar surface area (TPSA) is 45.2 Å². The number of hydrogen-bond donors (Lipinski definition) is 2. The van der Waals surface area contributed by atoms with Gasteiger partial charge >= 0.3 is 0 Å². The average molecular weight is 294 g/mol. The minimum Gasteiger partial charge on any atom is -0.384 e. The average Bonchev–Trinajstić information content (AvgIpc) is 2.87. The third-order valence-electron chi connectivity index (χ3n) is 3.14. The van der Waals surface area contributed by atoms with E-state index in [1.54, 1.807) is 30.4 Å². The van der Waals surface area contributed by atoms with Crippen molar-refractivity contribution in [2.75, 3.05) is 6.54 Å². The van der Waals surface area contributed by atoms with E-state index in [9.17, 15) is 9.50 Å². The summed E-state index contributed by atoms with van der Waals surface area (Å²) >= 11 is 1.65. The predicted octanol–water partition coefficient (Wildman–Crippen LogP) is 2.84. The number of thiazole rings is 1. The Morgan fingerprint density at radius 3 is 2.65 bits per heavy atom. The van der Waals surface area contributed by atoms with E-state index in [2.05, 4.69) is 17.2 Å². The molecule has 1 unspecified atom stereocenters. The van der Waals surface area contributed by atoms with Gasteiger partial charge in [0.1, 0.15) is 5.82 Å². The molecule has 0 fully saturated rings. The van der Waals surface area contributed by atoms with Gasteiger partial charge in [0.15, 0.2) is 0 Å². The zero-order chi connectivity index (χ0) is 14.6. The first-order valence-corrected chi connectivity index (χ1v) is 7.51. The first kappa shape index (κ1) is 15.1. The number of halogens is 1. The smallest absolute Gasteiger partial charge is 0.123 e. The van der Waals surface area contributed by atoms with Crippen LogP contribution in [0.5, 0.6) is 0 Å². The molecule has 0 radical (unpaired) electrons. The molecule has 0 spiro atoms. The highest BCUT2D eigenvalue weighted by molar-refractivity contribution is 7.09. The second-order valence-electron chi connectivity index (χ2n) is 4.97. The molecular formula is C15H19FN2OS. The summed E-state index contributed by atoms with van der Waals surface area (Å²) in [6.45, 7) is 4.80. The predicted molar refractivity (Wildman–Crippen MR) is 79.2 cm³/mol. The number of rotatable bonds is 6. The van der Waals surface area contributed by atoms with Gasteiger partial charge in [0.05, 0.1) is 16.3 Å². The highest BCUT2D eigenvalue weighted by atomic mass is 32.1. The van der Waals surface area contributed by atoms with Crippen LogP contribution in [0.25, 0.3) is 0 Å². The molecule has 1 atom stereocenters. The normalized spacial score (nSPS) is 14.2. The number of benzene rings is 1. The Morgan fingerprint density at radius 1 is 1.35 bits per heavy atom. The second-order valence-corrected chi connectivity index (χ2v) is 5.91. The first-order valence-electron chi connectivity index (χ1n) is 6.63. The second kappa shape index (κ2) is 6.43. The van der Waals surface area contributed by atoms with Crippen LogP contribution in [0.1, 0.15) is 30.1 Å². The molecule has 0 aliphatic heterocycles. The van der Waals surface area contributed by atoms with Gasteiger partial charge in [-0.3, -0.25) is 0 Å². The van der Waals surface area contributed by atoms with Crippen molar-refractivity contribution < 1.29 is 9.50 Å². The number of aromatic nitrogens is 1. The van der Waals surface area contributed by atoms with Crippen molar-refractivity contribution in [3.05, 3.63) is 51.7 Å². The molecule has 1 aromatic heterocycles. The minimum atomic E-state index is -1.03. The Hall–Kier alpha value is -1.30. The van der Waals surface area contributed by atoms with Crippen molar-refractivity contribution in [3.63, 3.8) is 0 Å². The number of hydrogen-bond acceptors (Lipinski definition) is 4. The number of nitrogens with zero attached hydrogens (tertiary/aromatic N) is 1. The van der Waals surface area contributed by atoms with Crippen LogP contribution in [-0.4, -0.2) is 16.6 Å². The summed E-state index contributed by atoms with van der Waals surface area (Å²) in [7, 11) is 0. The van der Waals surface area contributed by atoms with Crippen LogP contribution in [0, 0.1) is 5.82 Å². The zero-order valence-electron chi connectivity index (χ0n) is 11.7. The van der Waals surface area contributed by atoms with E-state index in [1.807, 2.05) is 5.38 Å². The summed E-state index contributed by atoms with van der Waals surface area (Å²) in [5, 5.41) is 16.7. The fourth-order valence-electron chi connectivity index (χ4n) is 1.94. The first-order chi connectivity index (χ1) is 9.51. The minimum absolute atomic E-state index is 0.299. The van der Waals surface area contributed by atoms with E-state index < -0.39 is 5.60 Å². The molecule has 2 rings (SSSR count). The summed E-state index contributed by atoms with van der Waals surface area (Å²) in [6.07, 6.45) is 0.942. The lowest BCUT2D eigenvalue weighted by Crippen LogP contribution is -2.35. The van der Waals surface area contributed by atoms with Gasteiger partial charge in [0.2, 0.25) is 0 Å². The third kappa shape index (κ3) is 3.85. The number of aryl methyl sites for hydroxylation is 1. The van der Waals surface area contributed by atoms with Gasteiger partial charge in [-0.15, -0.1) is 11.3 Å². The lowest BCUT2D eigenvalue weighted by atomic mass is 9.96. The van der Waals surface area contributed by atoms with E-state index in [1.165, 1.54) is 12.1 Å². The van der Waals surface area contributed by atoms with Crippen molar-refractivity contribution in [2.45, 2.75) is 32.4 Å². The Morgan fingerprint density at radius 2 is 2.05 bits per heavy atom. The fraction of sp³-hybridized carbons (Fsp3) is 0.400. The summed E-state index contributed by atoms with van der Waals surface area (Å²) in [5.74, 6) is -0.299. The molecule has 1 heterocycles. The Balaban J connectivity index is 1.90. The summed E-state index contributed by atoms with van der Waals surface area (Å²) in [5.41, 5.74) is 0.651. The molecule has 0 aliphatic rings. The highest BCUT2D eigenvalue weighted by Crippen LogP contribution is 2.20. The molecule has 3 nitrogen and oxygen atoms in total. The van der Waals surface area contributed by atoms with Crippen LogP contribution in [0.15, 0.2) is 29.6 Å². The van der Waals surface area contributed by atoms with Crippen LogP contribution in [-0.2, 0) is 18.6 Å². The lowest BCUT2D eigenvalue weighted by Gasteiger charge is -2.24. The van der Waals surface area contributed by atoms with Crippen molar-refractivity contribution >= 4 is 11.3 Å². The van der Waals surface area contributed by atoms with Gasteiger partial charge < -0.3 is 10.4 Å². The molecule has 20 heavy (non-hydrogen) atoms. The van der Waals surface area contributed by atoms with Crippen molar-refractivity contribution in [1.82, 2.24) is 10.3 Å². The van der Waals surface area contributed by atoms with Crippen LogP contribution in [0.4, 0.5) is 4.39 Å². The standard InChI is InChI=1S/C15H19FN2OS/c1-3-14-18-13(9-20-14)8-17-10-15(2,19)11-4-6-12(16)7-5-11/h4-7,9,17,19H,3,8,10H2,1-2H3. The van der Waals surface area contributed by atoms with Gasteiger partial charge in [-0.25, -0.2) is 9.37 Å². The summed E-state index contributed by atoms with van der Waals surface area (Å²) in [6, 6.07) is 5.93. The van der Waals surface area contributed by atoms with Crippen molar-refractivity contribution in [3.8, 4) is 0 Å². The fourth-order valence-corrected chi connectivity index (χ4v) is 2.68. The molecule has 0 amide bonds. The van der Waals surface area contributed by atoms with E-state index in [4.69, 9.17) is 0 Å². The van der Waals surface area contributed by atoms with Gasteiger partial charge in [-0.2, -0.15) is 0 Å². The van der Waals surface area contributed by atoms with Crippen LogP contribution >= 0.6 is 11.3 Å². The number of aliphatic hydroxyl groups is 1. The van der Waals surface area contributed by atoms with E-state index in [0.29, 0.717) is 18.7 Å². The zero-order valence-corrected chi connectivity index (χ0v) is 12.5. The summed E-state index contributed by atoms with van der Waals surface area (Å²) < 4.78 is 12.9. The Kier molecular flexibility index (Phi) is 4.86. The summed E-state index contributed by atoms with van der Waals surface area (Å²) in [4.78, 5) is 4.46. The van der Waals surface area contributed by atoms with Gasteiger partial charge in [-0.1, -0.05) is 19.1 Å². The maximum atomic E-state index is 12.9. The van der Waals surface area contributed by atoms with Crippen LogP contribution in [0.2, 0.25) is 0 Å². The largest absolute Gasteiger partial charge is 0.384 e. The number of nitrogens with one attached hydrogen (secondary N) is 1. The molecule has 0 saturated carbocycles. The molecule has 2 aromatic rings. The van der Waals surface area contributed by atoms with E-state index in [-0.39, 0.29) is 5.82 Å². The maximum absolute atomic E-state index is 12.9. The van der Waals surface area contributed by atoms with Crippen molar-refractivity contribution in [1.29, 1.82) is 0 Å². The van der Waals surface area contributed by atoms with Crippen LogP contribution in [0.3, 0.4) is 0 Å². The molecule has 0 aliphatic carbocycles. The third-order valence-corrected chi connectivity index (χ3v) is 4.19. The maximum Gasteiger partial charge on any atom is 0.123 e. The molecule has 108 valence electrons. The molecule has 1 aromatic carbocycles. The van der Waals surface area contributed by atoms with E-state index in [0.717, 1.165) is 17.1 Å². The van der Waals surface area contributed by atoms with Gasteiger partial charge in [0.25, 0.3) is 0 Å². The van der Waals surface area contributed by atoms with Gasteiger partial charge in [0, 0.05) is 18.5 Å². The molecule has 2 N–H and O–H groups in total. The SMILES string of the molecule is CCc1nc(CNCC(C)(O)c2ccc(F)cc2)cs1. The quantitative estimate of drug-likeness (QED) is 0.861. The monoisotopic (exact) mass is 294 g/mol. The molecular weight excluding hydrogens is 275 g/mol. The highest BCUT2D eigenvalue weighted by Gasteiger charge is 2.22. The Bertz CT molecular complexity index is 551. The molecule has 0 bridgehead atoms. The molecule has 5 heteroatoms. The van der Waals surface area contributed by atoms with E-state index >= 15 is 0 Å². The molecule has 0 saturated heterocycles. The van der Waals surface area contributed by atoms with Crippen molar-refractivity contribution in [2.24, 2.45) is 0 Å². The Labute approximate surface area is 122 Å². The van der Waals surface area contributed by atoms with Crippen LogP contribution < -0.4 is 5.32 Å². The lowest BCUT2D eigenvalue weighted by molar-refractivity contribution is 0.0565.